The summed E-state index contributed by atoms with van der Waals surface area (Å²) in [5.41, 5.74) is 9.67. The number of nitrogens with two attached hydrogens (primary N) is 1. The zero-order valence-corrected chi connectivity index (χ0v) is 21.5. The number of nitrogens with one attached hydrogen (secondary N) is 1. The van der Waals surface area contributed by atoms with Crippen LogP contribution in [-0.4, -0.2) is 59.0 Å². The minimum Gasteiger partial charge on any atom is -0.387 e. The number of amides is 1. The maximum atomic E-state index is 13.2. The Labute approximate surface area is 215 Å². The summed E-state index contributed by atoms with van der Waals surface area (Å²) in [6.07, 6.45) is 5.49. The van der Waals surface area contributed by atoms with E-state index >= 15 is 0 Å². The quantitative estimate of drug-likeness (QED) is 0.489. The Kier molecular flexibility index (Phi) is 7.93. The molecule has 0 atom stereocenters. The van der Waals surface area contributed by atoms with E-state index < -0.39 is 11.5 Å². The van der Waals surface area contributed by atoms with Crippen LogP contribution < -0.4 is 16.6 Å². The lowest BCUT2D eigenvalue weighted by atomic mass is 9.99. The lowest BCUT2D eigenvalue weighted by Gasteiger charge is -2.22. The molecule has 1 amide bonds. The van der Waals surface area contributed by atoms with E-state index in [1.807, 2.05) is 41.3 Å². The predicted octanol–water partition coefficient (Wildman–Crippen LogP) is 3.35. The maximum absolute atomic E-state index is 13.2. The van der Waals surface area contributed by atoms with Crippen LogP contribution in [0.1, 0.15) is 43.5 Å². The molecule has 0 fully saturated rings. The average Bonchev–Trinajstić information content (AvgIpc) is 3.05. The summed E-state index contributed by atoms with van der Waals surface area (Å²) >= 11 is 0. The van der Waals surface area contributed by atoms with Crippen LogP contribution >= 0.6 is 0 Å². The molecule has 9 nitrogen and oxygen atoms in total. The van der Waals surface area contributed by atoms with Crippen molar-refractivity contribution in [3.63, 3.8) is 0 Å². The lowest BCUT2D eigenvalue weighted by molar-refractivity contribution is -0.127. The molecule has 0 radical (unpaired) electrons. The molecule has 0 saturated carbocycles. The van der Waals surface area contributed by atoms with E-state index in [0.717, 1.165) is 34.2 Å². The molecular formula is C28H32N6O3. The van der Waals surface area contributed by atoms with Crippen LogP contribution in [0.4, 0.5) is 5.69 Å². The van der Waals surface area contributed by atoms with Gasteiger partial charge in [-0.2, -0.15) is 9.78 Å². The van der Waals surface area contributed by atoms with E-state index in [9.17, 15) is 14.4 Å². The number of amidine groups is 1. The molecule has 9 heteroatoms. The molecule has 1 aliphatic rings. The predicted molar refractivity (Wildman–Crippen MR) is 147 cm³/mol. The van der Waals surface area contributed by atoms with E-state index in [1.54, 1.807) is 13.1 Å². The molecule has 1 aromatic heterocycles. The topological polar surface area (TPSA) is 123 Å². The molecule has 0 saturated heterocycles. The number of fused-ring (bicyclic) bond motifs is 2. The number of carbonyl (C=O) groups is 2. The molecule has 0 unspecified atom stereocenters. The lowest BCUT2D eigenvalue weighted by Crippen LogP contribution is -2.34. The van der Waals surface area contributed by atoms with Crippen LogP contribution in [0, 0.1) is 0 Å². The van der Waals surface area contributed by atoms with Crippen LogP contribution in [-0.2, 0) is 4.79 Å². The highest BCUT2D eigenvalue weighted by Crippen LogP contribution is 2.33. The first-order chi connectivity index (χ1) is 17.9. The Hall–Kier alpha value is -4.11. The first-order valence-electron chi connectivity index (χ1n) is 12.5. The van der Waals surface area contributed by atoms with Crippen molar-refractivity contribution in [3.05, 3.63) is 64.1 Å². The Balaban J connectivity index is 1.69. The van der Waals surface area contributed by atoms with Gasteiger partial charge in [0.05, 0.1) is 23.8 Å². The second-order valence-electron chi connectivity index (χ2n) is 9.10. The number of carbonyl (C=O) groups excluding carboxylic acids is 2. The summed E-state index contributed by atoms with van der Waals surface area (Å²) in [5, 5.41) is 7.83. The summed E-state index contributed by atoms with van der Waals surface area (Å²) in [5.74, 6) is -0.0318. The van der Waals surface area contributed by atoms with Gasteiger partial charge in [0.1, 0.15) is 5.84 Å². The number of aliphatic imine (C=N–C) groups is 1. The zero-order valence-electron chi connectivity index (χ0n) is 21.5. The molecule has 3 aromatic rings. The fourth-order valence-electron chi connectivity index (χ4n) is 4.50. The van der Waals surface area contributed by atoms with Crippen molar-refractivity contribution in [2.75, 3.05) is 26.7 Å². The monoisotopic (exact) mass is 500 g/mol. The van der Waals surface area contributed by atoms with E-state index in [1.165, 1.54) is 6.20 Å². The van der Waals surface area contributed by atoms with Crippen molar-refractivity contribution in [2.24, 2.45) is 10.7 Å². The molecule has 3 N–H and O–H groups in total. The van der Waals surface area contributed by atoms with Crippen molar-refractivity contribution in [2.45, 2.75) is 33.1 Å². The van der Waals surface area contributed by atoms with Gasteiger partial charge in [-0.05, 0) is 55.3 Å². The second-order valence-corrected chi connectivity index (χ2v) is 9.10. The number of benzene rings is 2. The SMILES string of the molecule is CCCN(CCC)C(=O)C1=Cc2ccc(-c3ccc4c(=O)n(C(=O)CNC)ncc4c3)cc2N=C(N)C1. The number of nitrogens with zero attached hydrogens (tertiary/aromatic N) is 4. The molecule has 2 heterocycles. The average molecular weight is 501 g/mol. The Morgan fingerprint density at radius 1 is 1.08 bits per heavy atom. The van der Waals surface area contributed by atoms with Gasteiger partial charge in [0.15, 0.2) is 0 Å². The first kappa shape index (κ1) is 26.0. The van der Waals surface area contributed by atoms with Gasteiger partial charge in [0.25, 0.3) is 11.5 Å². The Bertz CT molecular complexity index is 1460. The summed E-state index contributed by atoms with van der Waals surface area (Å²) in [4.78, 5) is 44.6. The molecule has 0 aliphatic carbocycles. The molecule has 0 spiro atoms. The highest BCUT2D eigenvalue weighted by Gasteiger charge is 2.21. The van der Waals surface area contributed by atoms with Gasteiger partial charge in [-0.15, -0.1) is 0 Å². The third-order valence-corrected chi connectivity index (χ3v) is 6.23. The summed E-state index contributed by atoms with van der Waals surface area (Å²) in [7, 11) is 1.64. The summed E-state index contributed by atoms with van der Waals surface area (Å²) in [6.45, 7) is 5.56. The molecular weight excluding hydrogens is 468 g/mol. The van der Waals surface area contributed by atoms with Crippen LogP contribution in [0.3, 0.4) is 0 Å². The number of hydrogen-bond donors (Lipinski definition) is 2. The number of rotatable bonds is 8. The fraction of sp³-hybridized carbons (Fsp3) is 0.321. The van der Waals surface area contributed by atoms with Crippen molar-refractivity contribution in [1.29, 1.82) is 0 Å². The smallest absolute Gasteiger partial charge is 0.281 e. The number of likely N-dealkylation sites (N-methyl/N-ethyl adjacent to an activating group) is 1. The van der Waals surface area contributed by atoms with E-state index in [0.29, 0.717) is 47.4 Å². The second kappa shape index (κ2) is 11.3. The van der Waals surface area contributed by atoms with E-state index in [2.05, 4.69) is 29.3 Å². The van der Waals surface area contributed by atoms with Gasteiger partial charge in [-0.25, -0.2) is 4.99 Å². The number of aromatic nitrogens is 2. The van der Waals surface area contributed by atoms with Crippen LogP contribution in [0.15, 0.2) is 58.0 Å². The van der Waals surface area contributed by atoms with Gasteiger partial charge in [0, 0.05) is 36.0 Å². The normalized spacial score (nSPS) is 12.9. The molecule has 37 heavy (non-hydrogen) atoms. The first-order valence-corrected chi connectivity index (χ1v) is 12.5. The fourth-order valence-corrected chi connectivity index (χ4v) is 4.50. The van der Waals surface area contributed by atoms with Gasteiger partial charge >= 0.3 is 0 Å². The van der Waals surface area contributed by atoms with Crippen LogP contribution in [0.2, 0.25) is 0 Å². The Morgan fingerprint density at radius 2 is 1.78 bits per heavy atom. The molecule has 0 bridgehead atoms. The van der Waals surface area contributed by atoms with E-state index in [4.69, 9.17) is 5.73 Å². The highest BCUT2D eigenvalue weighted by atomic mass is 16.2. The van der Waals surface area contributed by atoms with Crippen LogP contribution in [0.5, 0.6) is 0 Å². The van der Waals surface area contributed by atoms with E-state index in [-0.39, 0.29) is 12.5 Å². The largest absolute Gasteiger partial charge is 0.387 e. The van der Waals surface area contributed by atoms with Crippen molar-refractivity contribution in [1.82, 2.24) is 20.0 Å². The molecule has 4 rings (SSSR count). The highest BCUT2D eigenvalue weighted by molar-refractivity contribution is 6.05. The van der Waals surface area contributed by atoms with Crippen molar-refractivity contribution >= 4 is 40.2 Å². The van der Waals surface area contributed by atoms with Gasteiger partial charge in [0.2, 0.25) is 5.91 Å². The van der Waals surface area contributed by atoms with Crippen molar-refractivity contribution in [3.8, 4) is 11.1 Å². The standard InChI is InChI=1S/C28H32N6O3/c1-4-10-33(11-5-2)27(36)21-13-20-7-6-19(14-24(20)32-25(29)15-21)18-8-9-23-22(12-18)16-31-34(28(23)37)26(35)17-30-3/h6-9,12-14,16,30H,4-5,10-11,15,17H2,1-3H3,(H2,29,32). The Morgan fingerprint density at radius 3 is 2.49 bits per heavy atom. The molecule has 2 aromatic carbocycles. The zero-order chi connectivity index (χ0) is 26.5. The van der Waals surface area contributed by atoms with Crippen LogP contribution in [0.25, 0.3) is 28.0 Å². The third kappa shape index (κ3) is 5.51. The molecule has 192 valence electrons. The van der Waals surface area contributed by atoms with Gasteiger partial charge < -0.3 is 16.0 Å². The van der Waals surface area contributed by atoms with Gasteiger partial charge in [-0.3, -0.25) is 14.4 Å². The molecule has 1 aliphatic heterocycles. The minimum absolute atomic E-state index is 0.000313. The van der Waals surface area contributed by atoms with Gasteiger partial charge in [-0.1, -0.05) is 32.0 Å². The summed E-state index contributed by atoms with van der Waals surface area (Å²) < 4.78 is 0.881. The third-order valence-electron chi connectivity index (χ3n) is 6.23. The minimum atomic E-state index is -0.453. The number of hydrogen-bond acceptors (Lipinski definition) is 7. The summed E-state index contributed by atoms with van der Waals surface area (Å²) in [6, 6.07) is 11.2. The maximum Gasteiger partial charge on any atom is 0.281 e. The van der Waals surface area contributed by atoms with Crippen molar-refractivity contribution < 1.29 is 9.59 Å².